The zero-order valence-electron chi connectivity index (χ0n) is 12.1. The Morgan fingerprint density at radius 2 is 2.16 bits per heavy atom. The highest BCUT2D eigenvalue weighted by atomic mass is 15.3. The van der Waals surface area contributed by atoms with Gasteiger partial charge < -0.3 is 5.32 Å². The molecule has 4 nitrogen and oxygen atoms in total. The lowest BCUT2D eigenvalue weighted by molar-refractivity contribution is 0.528. The molecular weight excluding hydrogens is 236 g/mol. The van der Waals surface area contributed by atoms with Gasteiger partial charge in [-0.1, -0.05) is 13.0 Å². The Morgan fingerprint density at radius 3 is 2.79 bits per heavy atom. The van der Waals surface area contributed by atoms with Gasteiger partial charge in [0.1, 0.15) is 0 Å². The summed E-state index contributed by atoms with van der Waals surface area (Å²) in [5.74, 6) is 0. The number of aromatic nitrogens is 3. The molecule has 0 aliphatic rings. The largest absolute Gasteiger partial charge is 0.307 e. The van der Waals surface area contributed by atoms with Crippen molar-refractivity contribution in [3.8, 4) is 0 Å². The van der Waals surface area contributed by atoms with Crippen LogP contribution in [0.1, 0.15) is 41.9 Å². The molecule has 2 rings (SSSR count). The van der Waals surface area contributed by atoms with Crippen molar-refractivity contribution < 1.29 is 0 Å². The molecule has 2 heterocycles. The predicted octanol–water partition coefficient (Wildman–Crippen LogP) is 2.61. The van der Waals surface area contributed by atoms with Crippen LogP contribution in [0.3, 0.4) is 0 Å². The van der Waals surface area contributed by atoms with Crippen molar-refractivity contribution in [3.05, 3.63) is 47.0 Å². The third kappa shape index (κ3) is 2.84. The fourth-order valence-electron chi connectivity index (χ4n) is 2.44. The summed E-state index contributed by atoms with van der Waals surface area (Å²) in [6, 6.07) is 4.33. The maximum atomic E-state index is 4.60. The van der Waals surface area contributed by atoms with Crippen molar-refractivity contribution in [1.82, 2.24) is 20.1 Å². The van der Waals surface area contributed by atoms with Crippen LogP contribution >= 0.6 is 0 Å². The Kier molecular flexibility index (Phi) is 4.32. The van der Waals surface area contributed by atoms with Crippen LogP contribution in [0.25, 0.3) is 0 Å². The lowest BCUT2D eigenvalue weighted by Gasteiger charge is -2.19. The first-order valence-corrected chi connectivity index (χ1v) is 6.79. The van der Waals surface area contributed by atoms with Crippen LogP contribution in [0.4, 0.5) is 0 Å². The van der Waals surface area contributed by atoms with E-state index in [9.17, 15) is 0 Å². The Morgan fingerprint density at radius 1 is 1.37 bits per heavy atom. The first-order valence-electron chi connectivity index (χ1n) is 6.79. The van der Waals surface area contributed by atoms with E-state index in [0.29, 0.717) is 0 Å². The Balaban J connectivity index is 2.41. The molecular formula is C15H22N4. The SMILES string of the molecule is CCCn1nccc1C(NC)c1ncc(C)cc1C. The number of nitrogens with one attached hydrogen (secondary N) is 1. The minimum absolute atomic E-state index is 0.0923. The molecule has 0 saturated heterocycles. The van der Waals surface area contributed by atoms with E-state index < -0.39 is 0 Å². The van der Waals surface area contributed by atoms with E-state index in [1.165, 1.54) is 16.8 Å². The molecule has 1 atom stereocenters. The van der Waals surface area contributed by atoms with Gasteiger partial charge in [0.2, 0.25) is 0 Å². The van der Waals surface area contributed by atoms with E-state index >= 15 is 0 Å². The molecule has 4 heteroatoms. The molecule has 2 aromatic heterocycles. The Labute approximate surface area is 114 Å². The molecule has 0 saturated carbocycles. The van der Waals surface area contributed by atoms with Crippen LogP contribution in [0.5, 0.6) is 0 Å². The molecule has 1 N–H and O–H groups in total. The molecule has 0 amide bonds. The van der Waals surface area contributed by atoms with Gasteiger partial charge in [-0.2, -0.15) is 5.10 Å². The monoisotopic (exact) mass is 258 g/mol. The zero-order chi connectivity index (χ0) is 13.8. The van der Waals surface area contributed by atoms with Gasteiger partial charge in [-0.15, -0.1) is 0 Å². The maximum absolute atomic E-state index is 4.60. The smallest absolute Gasteiger partial charge is 0.0922 e. The molecule has 0 aliphatic heterocycles. The number of aryl methyl sites for hydroxylation is 3. The first-order chi connectivity index (χ1) is 9.17. The normalized spacial score (nSPS) is 12.6. The number of nitrogens with zero attached hydrogens (tertiary/aromatic N) is 3. The topological polar surface area (TPSA) is 42.7 Å². The van der Waals surface area contributed by atoms with Crippen LogP contribution in [0.15, 0.2) is 24.5 Å². The molecule has 0 bridgehead atoms. The molecule has 19 heavy (non-hydrogen) atoms. The second-order valence-electron chi connectivity index (χ2n) is 4.92. The lowest BCUT2D eigenvalue weighted by Crippen LogP contribution is -2.23. The second-order valence-corrected chi connectivity index (χ2v) is 4.92. The van der Waals surface area contributed by atoms with Gasteiger partial charge in [0.25, 0.3) is 0 Å². The van der Waals surface area contributed by atoms with Crippen LogP contribution in [0, 0.1) is 13.8 Å². The van der Waals surface area contributed by atoms with Crippen molar-refractivity contribution >= 4 is 0 Å². The number of rotatable bonds is 5. The molecule has 0 radical (unpaired) electrons. The highest BCUT2D eigenvalue weighted by Crippen LogP contribution is 2.23. The minimum atomic E-state index is 0.0923. The van der Waals surface area contributed by atoms with Crippen LogP contribution in [-0.4, -0.2) is 21.8 Å². The average molecular weight is 258 g/mol. The predicted molar refractivity (Wildman–Crippen MR) is 77.1 cm³/mol. The Bertz CT molecular complexity index is 545. The quantitative estimate of drug-likeness (QED) is 0.896. The number of hydrogen-bond acceptors (Lipinski definition) is 3. The first kappa shape index (κ1) is 13.7. The summed E-state index contributed by atoms with van der Waals surface area (Å²) in [4.78, 5) is 4.60. The van der Waals surface area contributed by atoms with Crippen molar-refractivity contribution in [2.75, 3.05) is 7.05 Å². The molecule has 0 aliphatic carbocycles. The van der Waals surface area contributed by atoms with Crippen LogP contribution < -0.4 is 5.32 Å². The zero-order valence-corrected chi connectivity index (χ0v) is 12.1. The Hall–Kier alpha value is -1.68. The van der Waals surface area contributed by atoms with Crippen LogP contribution in [0.2, 0.25) is 0 Å². The van der Waals surface area contributed by atoms with E-state index in [1.54, 1.807) is 0 Å². The van der Waals surface area contributed by atoms with E-state index in [1.807, 2.05) is 19.4 Å². The number of pyridine rings is 1. The van der Waals surface area contributed by atoms with Gasteiger partial charge in [-0.25, -0.2) is 0 Å². The third-order valence-corrected chi connectivity index (χ3v) is 3.30. The molecule has 102 valence electrons. The molecule has 0 fully saturated rings. The van der Waals surface area contributed by atoms with E-state index in [0.717, 1.165) is 18.7 Å². The van der Waals surface area contributed by atoms with Crippen molar-refractivity contribution in [2.45, 2.75) is 39.8 Å². The number of hydrogen-bond donors (Lipinski definition) is 1. The van der Waals surface area contributed by atoms with Gasteiger partial charge in [0, 0.05) is 18.9 Å². The summed E-state index contributed by atoms with van der Waals surface area (Å²) < 4.78 is 2.06. The summed E-state index contributed by atoms with van der Waals surface area (Å²) in [5.41, 5.74) is 4.65. The standard InChI is InChI=1S/C15H22N4/c1-5-8-19-13(6-7-18-19)15(16-4)14-12(3)9-11(2)10-17-14/h6-7,9-10,15-16H,5,8H2,1-4H3. The van der Waals surface area contributed by atoms with E-state index in [4.69, 9.17) is 0 Å². The molecule has 2 aromatic rings. The van der Waals surface area contributed by atoms with Gasteiger partial charge in [0.05, 0.1) is 17.4 Å². The highest BCUT2D eigenvalue weighted by Gasteiger charge is 2.19. The summed E-state index contributed by atoms with van der Waals surface area (Å²) >= 11 is 0. The van der Waals surface area contributed by atoms with Crippen LogP contribution in [-0.2, 0) is 6.54 Å². The summed E-state index contributed by atoms with van der Waals surface area (Å²) in [5, 5.41) is 7.75. The van der Waals surface area contributed by atoms with E-state index in [2.05, 4.69) is 53.0 Å². The van der Waals surface area contributed by atoms with Crippen molar-refractivity contribution in [3.63, 3.8) is 0 Å². The molecule has 1 unspecified atom stereocenters. The summed E-state index contributed by atoms with van der Waals surface area (Å²) in [7, 11) is 1.97. The fraction of sp³-hybridized carbons (Fsp3) is 0.467. The maximum Gasteiger partial charge on any atom is 0.0922 e. The fourth-order valence-corrected chi connectivity index (χ4v) is 2.44. The van der Waals surface area contributed by atoms with Gasteiger partial charge in [-0.05, 0) is 44.5 Å². The second kappa shape index (κ2) is 5.97. The van der Waals surface area contributed by atoms with Gasteiger partial charge >= 0.3 is 0 Å². The van der Waals surface area contributed by atoms with Crippen molar-refractivity contribution in [1.29, 1.82) is 0 Å². The molecule has 0 spiro atoms. The summed E-state index contributed by atoms with van der Waals surface area (Å²) in [6.45, 7) is 7.28. The molecule has 0 aromatic carbocycles. The third-order valence-electron chi connectivity index (χ3n) is 3.30. The summed E-state index contributed by atoms with van der Waals surface area (Å²) in [6.07, 6.45) is 4.86. The van der Waals surface area contributed by atoms with E-state index in [-0.39, 0.29) is 6.04 Å². The average Bonchev–Trinajstić information content (AvgIpc) is 2.82. The highest BCUT2D eigenvalue weighted by molar-refractivity contribution is 5.30. The minimum Gasteiger partial charge on any atom is -0.307 e. The van der Waals surface area contributed by atoms with Crippen molar-refractivity contribution in [2.24, 2.45) is 0 Å². The lowest BCUT2D eigenvalue weighted by atomic mass is 10.0. The van der Waals surface area contributed by atoms with Gasteiger partial charge in [-0.3, -0.25) is 9.67 Å². The van der Waals surface area contributed by atoms with Gasteiger partial charge in [0.15, 0.2) is 0 Å².